The molecular weight excluding hydrogens is 495 g/mol. The fourth-order valence-corrected chi connectivity index (χ4v) is 4.18. The summed E-state index contributed by atoms with van der Waals surface area (Å²) >= 11 is 1.03. The third-order valence-corrected chi connectivity index (χ3v) is 5.95. The fraction of sp³-hybridized carbons (Fsp3) is 0.231. The Balaban J connectivity index is 1.99. The second-order valence-corrected chi connectivity index (χ2v) is 8.17. The van der Waals surface area contributed by atoms with E-state index in [4.69, 9.17) is 23.7 Å². The predicted molar refractivity (Wildman–Crippen MR) is 135 cm³/mol. The number of hydrogen-bond donors (Lipinski definition) is 1. The number of rotatable bonds is 10. The number of alkyl halides is 3. The molecule has 0 spiro atoms. The van der Waals surface area contributed by atoms with E-state index in [0.717, 1.165) is 29.6 Å². The van der Waals surface area contributed by atoms with Crippen LogP contribution in [0.5, 0.6) is 28.7 Å². The first-order valence-corrected chi connectivity index (χ1v) is 11.4. The second-order valence-electron chi connectivity index (χ2n) is 7.29. The number of ether oxygens (including phenoxy) is 5. The SMILES string of the molecule is COc1cc(/C=C\c2ccc(OC)c(OC)c2NSc2cccc(C(F)(F)F)c2)cc(OC)c1OC. The lowest BCUT2D eigenvalue weighted by Gasteiger charge is -2.17. The number of nitrogens with one attached hydrogen (secondary N) is 1. The van der Waals surface area contributed by atoms with E-state index >= 15 is 0 Å². The summed E-state index contributed by atoms with van der Waals surface area (Å²) in [6.07, 6.45) is -0.762. The van der Waals surface area contributed by atoms with Gasteiger partial charge in [0.2, 0.25) is 5.75 Å². The molecule has 0 bridgehead atoms. The van der Waals surface area contributed by atoms with Gasteiger partial charge in [-0.25, -0.2) is 0 Å². The first-order valence-electron chi connectivity index (χ1n) is 10.6. The van der Waals surface area contributed by atoms with Crippen LogP contribution >= 0.6 is 11.9 Å². The molecule has 0 saturated carbocycles. The molecule has 0 amide bonds. The van der Waals surface area contributed by atoms with Crippen LogP contribution in [0.25, 0.3) is 12.2 Å². The minimum Gasteiger partial charge on any atom is -0.493 e. The number of halogens is 3. The van der Waals surface area contributed by atoms with E-state index in [0.29, 0.717) is 44.9 Å². The largest absolute Gasteiger partial charge is 0.493 e. The average molecular weight is 522 g/mol. The van der Waals surface area contributed by atoms with Crippen molar-refractivity contribution in [2.24, 2.45) is 0 Å². The molecule has 0 heterocycles. The minimum atomic E-state index is -4.43. The number of hydrogen-bond acceptors (Lipinski definition) is 7. The van der Waals surface area contributed by atoms with Gasteiger partial charge in [0.15, 0.2) is 23.0 Å². The summed E-state index contributed by atoms with van der Waals surface area (Å²) in [5, 5.41) is 0. The monoisotopic (exact) mass is 521 g/mol. The molecule has 3 aromatic rings. The van der Waals surface area contributed by atoms with Gasteiger partial charge in [0.1, 0.15) is 0 Å². The molecule has 0 aliphatic heterocycles. The maximum Gasteiger partial charge on any atom is 0.416 e. The van der Waals surface area contributed by atoms with E-state index < -0.39 is 11.7 Å². The summed E-state index contributed by atoms with van der Waals surface area (Å²) in [6.45, 7) is 0. The molecule has 10 heteroatoms. The summed E-state index contributed by atoms with van der Waals surface area (Å²) in [4.78, 5) is 0.384. The van der Waals surface area contributed by atoms with Crippen molar-refractivity contribution in [2.75, 3.05) is 40.3 Å². The Morgan fingerprint density at radius 1 is 0.722 bits per heavy atom. The molecule has 3 rings (SSSR count). The topological polar surface area (TPSA) is 58.2 Å². The molecule has 0 fully saturated rings. The van der Waals surface area contributed by atoms with Crippen LogP contribution in [0.1, 0.15) is 16.7 Å². The molecule has 0 aliphatic rings. The Labute approximate surface area is 212 Å². The van der Waals surface area contributed by atoms with Gasteiger partial charge in [0, 0.05) is 10.5 Å². The van der Waals surface area contributed by atoms with E-state index in [2.05, 4.69) is 4.72 Å². The zero-order valence-corrected chi connectivity index (χ0v) is 21.2. The minimum absolute atomic E-state index is 0.384. The molecule has 1 N–H and O–H groups in total. The van der Waals surface area contributed by atoms with Crippen LogP contribution in [-0.4, -0.2) is 35.5 Å². The van der Waals surface area contributed by atoms with Gasteiger partial charge < -0.3 is 28.4 Å². The molecule has 6 nitrogen and oxygen atoms in total. The predicted octanol–water partition coefficient (Wildman–Crippen LogP) is 7.04. The molecule has 36 heavy (non-hydrogen) atoms. The zero-order chi connectivity index (χ0) is 26.3. The lowest BCUT2D eigenvalue weighted by molar-refractivity contribution is -0.137. The Morgan fingerprint density at radius 3 is 1.92 bits per heavy atom. The third kappa shape index (κ3) is 6.12. The van der Waals surface area contributed by atoms with Crippen LogP contribution in [-0.2, 0) is 6.18 Å². The highest BCUT2D eigenvalue weighted by molar-refractivity contribution is 8.00. The standard InChI is InChI=1S/C26H26F3NO5S/c1-31-20-12-11-17(10-9-16-13-21(32-2)24(34-4)22(14-16)33-3)23(25(20)35-5)30-36-19-8-6-7-18(15-19)26(27,28)29/h6-15,30H,1-5H3/b10-9-. The van der Waals surface area contributed by atoms with Crippen LogP contribution in [0, 0.1) is 0 Å². The third-order valence-electron chi connectivity index (χ3n) is 5.15. The Bertz CT molecular complexity index is 1210. The van der Waals surface area contributed by atoms with Crippen molar-refractivity contribution in [2.45, 2.75) is 11.1 Å². The summed E-state index contributed by atoms with van der Waals surface area (Å²) in [6, 6.07) is 12.2. The van der Waals surface area contributed by atoms with Crippen molar-refractivity contribution < 1.29 is 36.9 Å². The fourth-order valence-electron chi connectivity index (χ4n) is 3.42. The normalized spacial score (nSPS) is 11.3. The summed E-state index contributed by atoms with van der Waals surface area (Å²) in [5.74, 6) is 2.35. The highest BCUT2D eigenvalue weighted by atomic mass is 32.2. The van der Waals surface area contributed by atoms with Gasteiger partial charge in [-0.2, -0.15) is 13.2 Å². The van der Waals surface area contributed by atoms with Gasteiger partial charge in [-0.15, -0.1) is 0 Å². The first kappa shape index (κ1) is 26.9. The van der Waals surface area contributed by atoms with Gasteiger partial charge in [-0.1, -0.05) is 18.2 Å². The number of anilines is 1. The van der Waals surface area contributed by atoms with Crippen LogP contribution in [0.15, 0.2) is 53.4 Å². The van der Waals surface area contributed by atoms with Crippen LogP contribution in [0.4, 0.5) is 18.9 Å². The molecular formula is C26H26F3NO5S. The Hall–Kier alpha value is -3.66. The van der Waals surface area contributed by atoms with Crippen molar-refractivity contribution in [3.8, 4) is 28.7 Å². The molecule has 192 valence electrons. The zero-order valence-electron chi connectivity index (χ0n) is 20.4. The van der Waals surface area contributed by atoms with Gasteiger partial charge in [0.05, 0.1) is 46.8 Å². The van der Waals surface area contributed by atoms with Gasteiger partial charge >= 0.3 is 6.18 Å². The number of benzene rings is 3. The maximum absolute atomic E-state index is 13.1. The quantitative estimate of drug-likeness (QED) is 0.227. The average Bonchev–Trinajstić information content (AvgIpc) is 2.89. The second kappa shape index (κ2) is 11.9. The molecule has 0 aliphatic carbocycles. The molecule has 0 atom stereocenters. The van der Waals surface area contributed by atoms with Gasteiger partial charge in [0.25, 0.3) is 0 Å². The van der Waals surface area contributed by atoms with E-state index in [9.17, 15) is 13.2 Å². The molecule has 0 saturated heterocycles. The van der Waals surface area contributed by atoms with Crippen molar-refractivity contribution >= 4 is 29.8 Å². The Morgan fingerprint density at radius 2 is 1.36 bits per heavy atom. The maximum atomic E-state index is 13.1. The Kier molecular flexibility index (Phi) is 8.87. The highest BCUT2D eigenvalue weighted by Gasteiger charge is 2.30. The van der Waals surface area contributed by atoms with E-state index in [1.807, 2.05) is 18.2 Å². The summed E-state index contributed by atoms with van der Waals surface area (Å²) < 4.78 is 69.7. The van der Waals surface area contributed by atoms with Crippen molar-refractivity contribution in [1.29, 1.82) is 0 Å². The van der Waals surface area contributed by atoms with Crippen LogP contribution in [0.2, 0.25) is 0 Å². The van der Waals surface area contributed by atoms with Crippen molar-refractivity contribution in [3.05, 3.63) is 65.2 Å². The van der Waals surface area contributed by atoms with E-state index in [1.165, 1.54) is 41.6 Å². The number of methoxy groups -OCH3 is 5. The first-order chi connectivity index (χ1) is 17.2. The summed E-state index contributed by atoms with van der Waals surface area (Å²) in [5.41, 5.74) is 1.29. The van der Waals surface area contributed by atoms with Crippen molar-refractivity contribution in [1.82, 2.24) is 0 Å². The van der Waals surface area contributed by atoms with Gasteiger partial charge in [-0.05, 0) is 60.0 Å². The molecule has 0 aromatic heterocycles. The van der Waals surface area contributed by atoms with E-state index in [-0.39, 0.29) is 0 Å². The summed E-state index contributed by atoms with van der Waals surface area (Å²) in [7, 11) is 7.59. The van der Waals surface area contributed by atoms with Crippen LogP contribution in [0.3, 0.4) is 0 Å². The molecule has 3 aromatic carbocycles. The lowest BCUT2D eigenvalue weighted by Crippen LogP contribution is -2.04. The molecule has 0 radical (unpaired) electrons. The van der Waals surface area contributed by atoms with Gasteiger partial charge in [-0.3, -0.25) is 0 Å². The highest BCUT2D eigenvalue weighted by Crippen LogP contribution is 2.42. The smallest absolute Gasteiger partial charge is 0.416 e. The van der Waals surface area contributed by atoms with Crippen LogP contribution < -0.4 is 28.4 Å². The lowest BCUT2D eigenvalue weighted by atomic mass is 10.1. The molecule has 0 unspecified atom stereocenters. The van der Waals surface area contributed by atoms with Crippen molar-refractivity contribution in [3.63, 3.8) is 0 Å². The van der Waals surface area contributed by atoms with E-state index in [1.54, 1.807) is 24.3 Å².